The van der Waals surface area contributed by atoms with Crippen molar-refractivity contribution in [3.63, 3.8) is 0 Å². The van der Waals surface area contributed by atoms with Crippen LogP contribution in [0.3, 0.4) is 0 Å². The van der Waals surface area contributed by atoms with Crippen LogP contribution in [0.1, 0.15) is 28.5 Å². The number of fused-ring (bicyclic) bond motifs is 1. The molecular weight excluding hydrogens is 418 g/mol. The lowest BCUT2D eigenvalue weighted by Crippen LogP contribution is -2.24. The second kappa shape index (κ2) is 9.08. The Hall–Kier alpha value is -4.26. The number of rotatable bonds is 8. The number of ketones is 2. The van der Waals surface area contributed by atoms with Crippen LogP contribution in [0.4, 0.5) is 0 Å². The predicted molar refractivity (Wildman–Crippen MR) is 125 cm³/mol. The van der Waals surface area contributed by atoms with E-state index < -0.39 is 11.7 Å². The molecule has 33 heavy (non-hydrogen) atoms. The summed E-state index contributed by atoms with van der Waals surface area (Å²) in [5.41, 5.74) is 9.88. The van der Waals surface area contributed by atoms with Gasteiger partial charge < -0.3 is 15.0 Å². The molecule has 0 aliphatic heterocycles. The summed E-state index contributed by atoms with van der Waals surface area (Å²) in [5.74, 6) is -1.97. The highest BCUT2D eigenvalue weighted by atomic mass is 16.5. The fraction of sp³-hybridized carbons (Fsp3) is 0.154. The van der Waals surface area contributed by atoms with Crippen LogP contribution in [0.25, 0.3) is 22.0 Å². The number of primary amides is 1. The summed E-state index contributed by atoms with van der Waals surface area (Å²) < 4.78 is 7.52. The molecule has 0 atom stereocenters. The molecule has 0 aliphatic rings. The third-order valence-corrected chi connectivity index (χ3v) is 5.50. The van der Waals surface area contributed by atoms with Crippen molar-refractivity contribution in [1.82, 2.24) is 9.55 Å². The van der Waals surface area contributed by atoms with Crippen molar-refractivity contribution in [3.05, 3.63) is 83.7 Å². The van der Waals surface area contributed by atoms with Gasteiger partial charge in [0.1, 0.15) is 6.61 Å². The lowest BCUT2D eigenvalue weighted by molar-refractivity contribution is -0.119. The fourth-order valence-electron chi connectivity index (χ4n) is 4.00. The summed E-state index contributed by atoms with van der Waals surface area (Å²) in [4.78, 5) is 40.3. The molecule has 0 aliphatic carbocycles. The van der Waals surface area contributed by atoms with Crippen molar-refractivity contribution >= 4 is 28.4 Å². The van der Waals surface area contributed by atoms with Crippen LogP contribution >= 0.6 is 0 Å². The van der Waals surface area contributed by atoms with E-state index in [4.69, 9.17) is 10.5 Å². The molecule has 7 nitrogen and oxygen atoms in total. The summed E-state index contributed by atoms with van der Waals surface area (Å²) in [6, 6.07) is 19.8. The number of benzene rings is 2. The van der Waals surface area contributed by atoms with Crippen LogP contribution in [0.5, 0.6) is 5.88 Å². The zero-order valence-corrected chi connectivity index (χ0v) is 18.4. The molecule has 0 saturated heterocycles. The Balaban J connectivity index is 1.91. The third-order valence-electron chi connectivity index (χ3n) is 5.50. The molecule has 2 heterocycles. The van der Waals surface area contributed by atoms with Crippen molar-refractivity contribution < 1.29 is 19.1 Å². The number of amides is 1. The molecule has 0 saturated carbocycles. The molecular formula is C26H23N3O4. The molecule has 0 bridgehead atoms. The topological polar surface area (TPSA) is 104 Å². The first-order chi connectivity index (χ1) is 15.9. The van der Waals surface area contributed by atoms with Crippen molar-refractivity contribution in [3.8, 4) is 17.0 Å². The van der Waals surface area contributed by atoms with Crippen molar-refractivity contribution in [2.24, 2.45) is 5.73 Å². The zero-order valence-electron chi connectivity index (χ0n) is 18.4. The Morgan fingerprint density at radius 3 is 2.39 bits per heavy atom. The van der Waals surface area contributed by atoms with Gasteiger partial charge in [0, 0.05) is 18.4 Å². The van der Waals surface area contributed by atoms with E-state index >= 15 is 0 Å². The standard InChI is InChI=1S/C26H23N3O4/c1-16(30)15-33-26-23-21(12-13-28-26)29(17(2)22(23)24(31)25(27)32)14-19-10-6-7-11-20(19)18-8-4-3-5-9-18/h3-13H,14-15H2,1-2H3,(H2,27,32). The Bertz CT molecular complexity index is 1370. The molecule has 2 aromatic carbocycles. The van der Waals surface area contributed by atoms with Crippen LogP contribution in [0.15, 0.2) is 66.9 Å². The lowest BCUT2D eigenvalue weighted by Gasteiger charge is -2.14. The molecule has 4 rings (SSSR count). The first-order valence-corrected chi connectivity index (χ1v) is 10.5. The highest BCUT2D eigenvalue weighted by Crippen LogP contribution is 2.34. The summed E-state index contributed by atoms with van der Waals surface area (Å²) in [5, 5.41) is 0.372. The monoisotopic (exact) mass is 441 g/mol. The van der Waals surface area contributed by atoms with Gasteiger partial charge in [-0.3, -0.25) is 14.4 Å². The smallest absolute Gasteiger partial charge is 0.289 e. The number of ether oxygens (including phenoxy) is 1. The number of hydrogen-bond donors (Lipinski definition) is 1. The Labute approximate surface area is 190 Å². The molecule has 0 spiro atoms. The van der Waals surface area contributed by atoms with Crippen molar-refractivity contribution in [1.29, 1.82) is 0 Å². The van der Waals surface area contributed by atoms with Crippen LogP contribution in [-0.2, 0) is 16.1 Å². The predicted octanol–water partition coefficient (Wildman–Crippen LogP) is 3.70. The number of aromatic nitrogens is 2. The van der Waals surface area contributed by atoms with Gasteiger partial charge in [0.2, 0.25) is 5.88 Å². The van der Waals surface area contributed by atoms with Crippen LogP contribution in [0, 0.1) is 6.92 Å². The summed E-state index contributed by atoms with van der Waals surface area (Å²) in [6.07, 6.45) is 1.55. The van der Waals surface area contributed by atoms with E-state index in [1.54, 1.807) is 19.2 Å². The second-order valence-corrected chi connectivity index (χ2v) is 7.76. The van der Waals surface area contributed by atoms with Crippen LogP contribution in [0.2, 0.25) is 0 Å². The van der Waals surface area contributed by atoms with E-state index in [0.29, 0.717) is 23.1 Å². The summed E-state index contributed by atoms with van der Waals surface area (Å²) >= 11 is 0. The van der Waals surface area contributed by atoms with E-state index in [-0.39, 0.29) is 23.8 Å². The van der Waals surface area contributed by atoms with Gasteiger partial charge in [-0.25, -0.2) is 4.98 Å². The molecule has 1 amide bonds. The number of nitrogens with two attached hydrogens (primary N) is 1. The Morgan fingerprint density at radius 1 is 1.00 bits per heavy atom. The fourth-order valence-corrected chi connectivity index (χ4v) is 4.00. The number of hydrogen-bond acceptors (Lipinski definition) is 5. The number of carbonyl (C=O) groups is 3. The van der Waals surface area contributed by atoms with Gasteiger partial charge in [0.05, 0.1) is 16.5 Å². The molecule has 0 unspecified atom stereocenters. The number of nitrogens with zero attached hydrogens (tertiary/aromatic N) is 2. The minimum Gasteiger partial charge on any atom is -0.469 e. The molecule has 0 fully saturated rings. The largest absolute Gasteiger partial charge is 0.469 e. The Morgan fingerprint density at radius 2 is 1.70 bits per heavy atom. The maximum Gasteiger partial charge on any atom is 0.289 e. The SMILES string of the molecule is CC(=O)COc1nccc2c1c(C(=O)C(N)=O)c(C)n2Cc1ccccc1-c1ccccc1. The molecule has 7 heteroatoms. The summed E-state index contributed by atoms with van der Waals surface area (Å²) in [6.45, 7) is 3.40. The highest BCUT2D eigenvalue weighted by Gasteiger charge is 2.27. The second-order valence-electron chi connectivity index (χ2n) is 7.76. The molecule has 166 valence electrons. The van der Waals surface area contributed by atoms with Crippen molar-refractivity contribution in [2.45, 2.75) is 20.4 Å². The first-order valence-electron chi connectivity index (χ1n) is 10.5. The van der Waals surface area contributed by atoms with Crippen LogP contribution in [-0.4, -0.2) is 33.6 Å². The van der Waals surface area contributed by atoms with Gasteiger partial charge in [0.15, 0.2) is 5.78 Å². The van der Waals surface area contributed by atoms with E-state index in [2.05, 4.69) is 4.98 Å². The van der Waals surface area contributed by atoms with Gasteiger partial charge in [-0.15, -0.1) is 0 Å². The highest BCUT2D eigenvalue weighted by molar-refractivity contribution is 6.45. The van der Waals surface area contributed by atoms with Crippen LogP contribution < -0.4 is 10.5 Å². The minimum atomic E-state index is -1.07. The lowest BCUT2D eigenvalue weighted by atomic mass is 9.99. The molecule has 2 N–H and O–H groups in total. The van der Waals surface area contributed by atoms with Gasteiger partial charge in [0.25, 0.3) is 11.7 Å². The quantitative estimate of drug-likeness (QED) is 0.332. The maximum absolute atomic E-state index is 12.8. The first kappa shape index (κ1) is 22.0. The van der Waals surface area contributed by atoms with E-state index in [1.807, 2.05) is 59.2 Å². The maximum atomic E-state index is 12.8. The van der Waals surface area contributed by atoms with Gasteiger partial charge >= 0.3 is 0 Å². The van der Waals surface area contributed by atoms with E-state index in [9.17, 15) is 14.4 Å². The molecule has 0 radical (unpaired) electrons. The van der Waals surface area contributed by atoms with E-state index in [0.717, 1.165) is 16.7 Å². The van der Waals surface area contributed by atoms with Gasteiger partial charge in [-0.05, 0) is 36.6 Å². The van der Waals surface area contributed by atoms with Gasteiger partial charge in [-0.2, -0.15) is 0 Å². The van der Waals surface area contributed by atoms with E-state index in [1.165, 1.54) is 6.92 Å². The number of carbonyl (C=O) groups excluding carboxylic acids is 3. The third kappa shape index (κ3) is 4.25. The number of pyridine rings is 1. The Kier molecular flexibility index (Phi) is 6.04. The average molecular weight is 441 g/mol. The molecule has 2 aromatic heterocycles. The average Bonchev–Trinajstić information content (AvgIpc) is 3.09. The van der Waals surface area contributed by atoms with Gasteiger partial charge in [-0.1, -0.05) is 54.6 Å². The number of Topliss-reactive ketones (excluding diaryl/α,β-unsaturated/α-hetero) is 2. The minimum absolute atomic E-state index is 0.116. The molecule has 4 aromatic rings. The summed E-state index contributed by atoms with van der Waals surface area (Å²) in [7, 11) is 0. The zero-order chi connectivity index (χ0) is 23.5. The normalized spacial score (nSPS) is 10.8. The van der Waals surface area contributed by atoms with Crippen molar-refractivity contribution in [2.75, 3.05) is 6.61 Å².